The lowest BCUT2D eigenvalue weighted by molar-refractivity contribution is 0.0761. The van der Waals surface area contributed by atoms with Gasteiger partial charge in [0.1, 0.15) is 4.60 Å². The average molecular weight is 299 g/mol. The molecule has 4 nitrogen and oxygen atoms in total. The van der Waals surface area contributed by atoms with Crippen LogP contribution in [0.5, 0.6) is 0 Å². The highest BCUT2D eigenvalue weighted by atomic mass is 79.9. The molecule has 2 rings (SSSR count). The number of pyridine rings is 1. The quantitative estimate of drug-likeness (QED) is 0.846. The van der Waals surface area contributed by atoms with Crippen LogP contribution >= 0.6 is 15.9 Å². The largest absolute Gasteiger partial charge is 0.393 e. The molecule has 2 unspecified atom stereocenters. The van der Waals surface area contributed by atoms with Gasteiger partial charge in [0, 0.05) is 25.2 Å². The predicted molar refractivity (Wildman–Crippen MR) is 67.6 cm³/mol. The van der Waals surface area contributed by atoms with Crippen molar-refractivity contribution in [2.75, 3.05) is 13.1 Å². The number of carbonyl (C=O) groups excluding carboxylic acids is 1. The van der Waals surface area contributed by atoms with E-state index in [2.05, 4.69) is 20.9 Å². The van der Waals surface area contributed by atoms with E-state index in [4.69, 9.17) is 0 Å². The Morgan fingerprint density at radius 3 is 3.06 bits per heavy atom. The Bertz CT molecular complexity index is 423. The summed E-state index contributed by atoms with van der Waals surface area (Å²) < 4.78 is 0.575. The van der Waals surface area contributed by atoms with Crippen LogP contribution in [0.2, 0.25) is 0 Å². The van der Waals surface area contributed by atoms with E-state index in [1.807, 2.05) is 0 Å². The van der Waals surface area contributed by atoms with Crippen LogP contribution in [0.3, 0.4) is 0 Å². The first-order valence-electron chi connectivity index (χ1n) is 5.67. The molecule has 0 aliphatic carbocycles. The molecule has 0 radical (unpaired) electrons. The molecule has 1 aliphatic rings. The fourth-order valence-corrected chi connectivity index (χ4v) is 2.50. The zero-order valence-electron chi connectivity index (χ0n) is 9.64. The molecule has 1 fully saturated rings. The predicted octanol–water partition coefficient (Wildman–Crippen LogP) is 1.69. The number of carbonyl (C=O) groups is 1. The Morgan fingerprint density at radius 2 is 2.47 bits per heavy atom. The van der Waals surface area contributed by atoms with Gasteiger partial charge >= 0.3 is 0 Å². The van der Waals surface area contributed by atoms with Gasteiger partial charge < -0.3 is 10.0 Å². The number of amides is 1. The number of likely N-dealkylation sites (tertiary alicyclic amines) is 1. The zero-order valence-corrected chi connectivity index (χ0v) is 11.2. The summed E-state index contributed by atoms with van der Waals surface area (Å²) in [5, 5.41) is 9.52. The summed E-state index contributed by atoms with van der Waals surface area (Å²) in [6, 6.07) is 3.51. The second-order valence-electron chi connectivity index (χ2n) is 4.38. The molecular formula is C12H15BrN2O2. The third kappa shape index (κ3) is 2.66. The molecule has 0 saturated carbocycles. The SMILES string of the molecule is CC(O)C1CCN(C(=O)c2cccnc2Br)C1. The minimum absolute atomic E-state index is 0.0203. The van der Waals surface area contributed by atoms with E-state index in [-0.39, 0.29) is 17.9 Å². The first-order valence-corrected chi connectivity index (χ1v) is 6.46. The number of hydrogen-bond donors (Lipinski definition) is 1. The monoisotopic (exact) mass is 298 g/mol. The first-order chi connectivity index (χ1) is 8.09. The number of rotatable bonds is 2. The lowest BCUT2D eigenvalue weighted by atomic mass is 10.0. The number of hydrogen-bond acceptors (Lipinski definition) is 3. The molecule has 0 aromatic carbocycles. The lowest BCUT2D eigenvalue weighted by Gasteiger charge is -2.18. The van der Waals surface area contributed by atoms with Gasteiger partial charge in [-0.3, -0.25) is 4.79 Å². The zero-order chi connectivity index (χ0) is 12.4. The maximum atomic E-state index is 12.2. The molecular weight excluding hydrogens is 284 g/mol. The third-order valence-electron chi connectivity index (χ3n) is 3.18. The molecule has 0 bridgehead atoms. The van der Waals surface area contributed by atoms with E-state index in [9.17, 15) is 9.90 Å². The highest BCUT2D eigenvalue weighted by Gasteiger charge is 2.30. The van der Waals surface area contributed by atoms with E-state index in [0.29, 0.717) is 23.3 Å². The van der Waals surface area contributed by atoms with Crippen molar-refractivity contribution in [3.05, 3.63) is 28.5 Å². The van der Waals surface area contributed by atoms with Crippen molar-refractivity contribution in [2.45, 2.75) is 19.4 Å². The van der Waals surface area contributed by atoms with Crippen LogP contribution in [0.15, 0.2) is 22.9 Å². The van der Waals surface area contributed by atoms with Crippen molar-refractivity contribution >= 4 is 21.8 Å². The normalized spacial score (nSPS) is 21.6. The molecule has 1 aromatic rings. The van der Waals surface area contributed by atoms with E-state index >= 15 is 0 Å². The fraction of sp³-hybridized carbons (Fsp3) is 0.500. The van der Waals surface area contributed by atoms with Gasteiger partial charge in [-0.05, 0) is 41.4 Å². The van der Waals surface area contributed by atoms with Gasteiger partial charge in [0.2, 0.25) is 0 Å². The number of aliphatic hydroxyl groups is 1. The van der Waals surface area contributed by atoms with Gasteiger partial charge in [0.25, 0.3) is 5.91 Å². The second-order valence-corrected chi connectivity index (χ2v) is 5.13. The Morgan fingerprint density at radius 1 is 1.71 bits per heavy atom. The molecule has 0 spiro atoms. The summed E-state index contributed by atoms with van der Waals surface area (Å²) in [7, 11) is 0. The summed E-state index contributed by atoms with van der Waals surface area (Å²) in [5.74, 6) is 0.169. The standard InChI is InChI=1S/C12H15BrN2O2/c1-8(16)9-4-6-15(7-9)12(17)10-3-2-5-14-11(10)13/h2-3,5,8-9,16H,4,6-7H2,1H3. The smallest absolute Gasteiger partial charge is 0.256 e. The summed E-state index contributed by atoms with van der Waals surface area (Å²) in [6.45, 7) is 3.10. The molecule has 2 heterocycles. The Labute approximate surface area is 109 Å². The summed E-state index contributed by atoms with van der Waals surface area (Å²) in [6.07, 6.45) is 2.15. The Hall–Kier alpha value is -0.940. The number of aromatic nitrogens is 1. The molecule has 1 aromatic heterocycles. The van der Waals surface area contributed by atoms with E-state index < -0.39 is 0 Å². The molecule has 1 saturated heterocycles. The van der Waals surface area contributed by atoms with Crippen molar-refractivity contribution in [1.82, 2.24) is 9.88 Å². The van der Waals surface area contributed by atoms with Crippen LogP contribution in [0.1, 0.15) is 23.7 Å². The van der Waals surface area contributed by atoms with Crippen LogP contribution < -0.4 is 0 Å². The van der Waals surface area contributed by atoms with Crippen LogP contribution in [-0.4, -0.2) is 40.1 Å². The highest BCUT2D eigenvalue weighted by molar-refractivity contribution is 9.10. The first kappa shape index (κ1) is 12.5. The molecule has 1 aliphatic heterocycles. The van der Waals surface area contributed by atoms with Crippen molar-refractivity contribution in [3.8, 4) is 0 Å². The Balaban J connectivity index is 2.10. The molecule has 5 heteroatoms. The van der Waals surface area contributed by atoms with Crippen molar-refractivity contribution in [2.24, 2.45) is 5.92 Å². The molecule has 1 N–H and O–H groups in total. The Kier molecular flexibility index (Phi) is 3.79. The average Bonchev–Trinajstić information content (AvgIpc) is 2.78. The minimum atomic E-state index is -0.356. The van der Waals surface area contributed by atoms with Crippen LogP contribution in [0, 0.1) is 5.92 Å². The summed E-state index contributed by atoms with van der Waals surface area (Å²) >= 11 is 3.28. The van der Waals surface area contributed by atoms with Gasteiger partial charge in [0.05, 0.1) is 11.7 Å². The molecule has 92 valence electrons. The number of aliphatic hydroxyl groups excluding tert-OH is 1. The third-order valence-corrected chi connectivity index (χ3v) is 3.82. The van der Waals surface area contributed by atoms with Crippen molar-refractivity contribution < 1.29 is 9.90 Å². The molecule has 1 amide bonds. The van der Waals surface area contributed by atoms with Gasteiger partial charge in [-0.25, -0.2) is 4.98 Å². The van der Waals surface area contributed by atoms with Gasteiger partial charge in [0.15, 0.2) is 0 Å². The highest BCUT2D eigenvalue weighted by Crippen LogP contribution is 2.23. The molecule has 17 heavy (non-hydrogen) atoms. The van der Waals surface area contributed by atoms with E-state index in [1.54, 1.807) is 30.2 Å². The van der Waals surface area contributed by atoms with Crippen LogP contribution in [0.25, 0.3) is 0 Å². The van der Waals surface area contributed by atoms with Crippen molar-refractivity contribution in [3.63, 3.8) is 0 Å². The van der Waals surface area contributed by atoms with Crippen LogP contribution in [0.4, 0.5) is 0 Å². The van der Waals surface area contributed by atoms with E-state index in [0.717, 1.165) is 6.42 Å². The number of nitrogens with zero attached hydrogens (tertiary/aromatic N) is 2. The minimum Gasteiger partial charge on any atom is -0.393 e. The van der Waals surface area contributed by atoms with Gasteiger partial charge in [-0.1, -0.05) is 0 Å². The fourth-order valence-electron chi connectivity index (χ4n) is 2.08. The number of halogens is 1. The van der Waals surface area contributed by atoms with Crippen LogP contribution in [-0.2, 0) is 0 Å². The summed E-state index contributed by atoms with van der Waals surface area (Å²) in [4.78, 5) is 18.0. The maximum Gasteiger partial charge on any atom is 0.256 e. The molecule has 2 atom stereocenters. The van der Waals surface area contributed by atoms with Gasteiger partial charge in [-0.15, -0.1) is 0 Å². The summed E-state index contributed by atoms with van der Waals surface area (Å²) in [5.41, 5.74) is 0.582. The second kappa shape index (κ2) is 5.14. The van der Waals surface area contributed by atoms with Gasteiger partial charge in [-0.2, -0.15) is 0 Å². The van der Waals surface area contributed by atoms with E-state index in [1.165, 1.54) is 0 Å². The lowest BCUT2D eigenvalue weighted by Crippen LogP contribution is -2.30. The maximum absolute atomic E-state index is 12.2. The van der Waals surface area contributed by atoms with Crippen molar-refractivity contribution in [1.29, 1.82) is 0 Å². The topological polar surface area (TPSA) is 53.4 Å².